The molecule has 0 atom stereocenters. The first-order valence-corrected chi connectivity index (χ1v) is 6.37. The molecule has 1 aromatic carbocycles. The van der Waals surface area contributed by atoms with E-state index in [1.54, 1.807) is 0 Å². The Labute approximate surface area is 140 Å². The van der Waals surface area contributed by atoms with E-state index in [1.165, 1.54) is 30.7 Å². The van der Waals surface area contributed by atoms with Crippen LogP contribution in [-0.4, -0.2) is 30.7 Å². The van der Waals surface area contributed by atoms with Gasteiger partial charge in [0.25, 0.3) is 0 Å². The van der Waals surface area contributed by atoms with Crippen LogP contribution in [0.15, 0.2) is 30.3 Å². The summed E-state index contributed by atoms with van der Waals surface area (Å²) in [7, 11) is 0. The summed E-state index contributed by atoms with van der Waals surface area (Å²) in [4.78, 5) is 0. The van der Waals surface area contributed by atoms with Crippen molar-refractivity contribution < 1.29 is 35.8 Å². The maximum absolute atomic E-state index is 7.50. The molecule has 0 aromatic heterocycles. The summed E-state index contributed by atoms with van der Waals surface area (Å²) in [6, 6.07) is 10.0. The van der Waals surface area contributed by atoms with Gasteiger partial charge in [-0.05, 0) is 27.7 Å². The zero-order valence-corrected chi connectivity index (χ0v) is 14.6. The Morgan fingerprint density at radius 2 is 0.952 bits per heavy atom. The van der Waals surface area contributed by atoms with Crippen molar-refractivity contribution in [3.8, 4) is 0 Å². The van der Waals surface area contributed by atoms with Crippen LogP contribution in [0.5, 0.6) is 0 Å². The summed E-state index contributed by atoms with van der Waals surface area (Å²) in [6.45, 7) is 27.7. The Balaban J connectivity index is -0.0000000606. The van der Waals surface area contributed by atoms with E-state index < -0.39 is 0 Å². The fourth-order valence-corrected chi connectivity index (χ4v) is 1.66. The molecule has 1 aromatic rings. The molecule has 1 rings (SSSR count). The van der Waals surface area contributed by atoms with Crippen LogP contribution in [0.4, 0.5) is 0 Å². The molecule has 114 valence electrons. The minimum Gasteiger partial charge on any atom is -0.214 e. The standard InChI is InChI=1S/C8H20N.C5H5.3CO.Cr/c1-5-9(6-2,7-3)8-4;1-2-4-5-3-1;3*1-2;/h5-8H2,1-4H3;1-5H;;;;/q+1;-1;;;;+4. The van der Waals surface area contributed by atoms with Crippen LogP contribution in [0, 0.1) is 20.0 Å². The molecule has 0 heterocycles. The van der Waals surface area contributed by atoms with E-state index in [9.17, 15) is 0 Å². The number of hydrogen-bond acceptors (Lipinski definition) is 0. The maximum atomic E-state index is 7.50. The normalized spacial score (nSPS) is 7.33. The molecule has 0 saturated carbocycles. The molecule has 4 nitrogen and oxygen atoms in total. The van der Waals surface area contributed by atoms with E-state index in [1.807, 2.05) is 30.3 Å². The third-order valence-corrected chi connectivity index (χ3v) is 3.24. The predicted octanol–water partition coefficient (Wildman–Crippen LogP) is 3.17. The van der Waals surface area contributed by atoms with Crippen LogP contribution in [0.2, 0.25) is 0 Å². The van der Waals surface area contributed by atoms with Gasteiger partial charge in [0, 0.05) is 0 Å². The smallest absolute Gasteiger partial charge is 0.214 e. The van der Waals surface area contributed by atoms with Crippen LogP contribution in [0.25, 0.3) is 0 Å². The van der Waals surface area contributed by atoms with Crippen molar-refractivity contribution in [2.24, 2.45) is 0 Å². The summed E-state index contributed by atoms with van der Waals surface area (Å²) < 4.78 is 23.8. The second-order valence-corrected chi connectivity index (χ2v) is 3.57. The van der Waals surface area contributed by atoms with E-state index in [2.05, 4.69) is 47.6 Å². The Morgan fingerprint density at radius 3 is 1.00 bits per heavy atom. The Morgan fingerprint density at radius 1 is 0.714 bits per heavy atom. The Hall–Kier alpha value is -0.938. The second-order valence-electron chi connectivity index (χ2n) is 3.57. The average molecular weight is 331 g/mol. The minimum atomic E-state index is 0. The molecule has 5 heteroatoms. The molecular weight excluding hydrogens is 306 g/mol. The maximum Gasteiger partial charge on any atom is 4.00 e. The van der Waals surface area contributed by atoms with E-state index >= 15 is 0 Å². The van der Waals surface area contributed by atoms with Gasteiger partial charge in [0.15, 0.2) is 0 Å². The molecule has 0 fully saturated rings. The van der Waals surface area contributed by atoms with E-state index in [4.69, 9.17) is 14.0 Å². The van der Waals surface area contributed by atoms with Crippen molar-refractivity contribution in [1.29, 1.82) is 0 Å². The first kappa shape index (κ1) is 32.1. The van der Waals surface area contributed by atoms with Crippen LogP contribution >= 0.6 is 0 Å². The number of rotatable bonds is 4. The van der Waals surface area contributed by atoms with E-state index in [0.29, 0.717) is 0 Å². The van der Waals surface area contributed by atoms with Gasteiger partial charge in [0.05, 0.1) is 26.2 Å². The molecule has 21 heavy (non-hydrogen) atoms. The zero-order valence-electron chi connectivity index (χ0n) is 13.3. The SMILES string of the molecule is CC[N+](CC)(CC)CC.[C-]#[O+].[C-]#[O+].[C-]#[O+].[Cr+4].c1cc[cH-]c1. The Kier molecular flexibility index (Phi) is 48.1. The van der Waals surface area contributed by atoms with Crippen LogP contribution in [0.1, 0.15) is 27.7 Å². The van der Waals surface area contributed by atoms with Crippen molar-refractivity contribution in [2.75, 3.05) is 26.2 Å². The fraction of sp³-hybridized carbons (Fsp3) is 0.500. The predicted molar refractivity (Wildman–Crippen MR) is 76.2 cm³/mol. The molecule has 0 saturated heterocycles. The third-order valence-electron chi connectivity index (χ3n) is 3.24. The van der Waals surface area contributed by atoms with Gasteiger partial charge in [-0.1, -0.05) is 0 Å². The summed E-state index contributed by atoms with van der Waals surface area (Å²) in [5, 5.41) is 0. The average Bonchev–Trinajstić information content (AvgIpc) is 3.16. The van der Waals surface area contributed by atoms with Crippen LogP contribution in [0.3, 0.4) is 0 Å². The number of nitrogens with zero attached hydrogens (tertiary/aromatic N) is 1. The van der Waals surface area contributed by atoms with Gasteiger partial charge in [0.2, 0.25) is 0 Å². The number of hydrogen-bond donors (Lipinski definition) is 0. The molecule has 0 aliphatic carbocycles. The van der Waals surface area contributed by atoms with Crippen molar-refractivity contribution in [2.45, 2.75) is 27.7 Å². The second kappa shape index (κ2) is 31.4. The van der Waals surface area contributed by atoms with E-state index in [0.717, 1.165) is 0 Å². The Bertz CT molecular complexity index is 252. The molecule has 0 aliphatic rings. The summed E-state index contributed by atoms with van der Waals surface area (Å²) >= 11 is 0. The largest absolute Gasteiger partial charge is 4.00 e. The van der Waals surface area contributed by atoms with E-state index in [-0.39, 0.29) is 17.4 Å². The van der Waals surface area contributed by atoms with Gasteiger partial charge in [0.1, 0.15) is 0 Å². The fourth-order valence-electron chi connectivity index (χ4n) is 1.66. The molecular formula is C16H25CrNO3+4. The van der Waals surface area contributed by atoms with Gasteiger partial charge in [-0.3, -0.25) is 0 Å². The van der Waals surface area contributed by atoms with Crippen molar-refractivity contribution >= 4 is 0 Å². The van der Waals surface area contributed by atoms with Crippen LogP contribution < -0.4 is 0 Å². The first-order valence-electron chi connectivity index (χ1n) is 6.37. The van der Waals surface area contributed by atoms with Gasteiger partial charge < -0.3 is 4.48 Å². The monoisotopic (exact) mass is 331 g/mol. The van der Waals surface area contributed by atoms with Crippen molar-refractivity contribution in [3.63, 3.8) is 0 Å². The minimum absolute atomic E-state index is 0. The summed E-state index contributed by atoms with van der Waals surface area (Å²) in [6.07, 6.45) is 0. The molecule has 0 radical (unpaired) electrons. The molecule has 0 N–H and O–H groups in total. The first-order chi connectivity index (χ1) is 9.74. The molecule has 0 spiro atoms. The molecule has 0 bridgehead atoms. The zero-order chi connectivity index (χ0) is 16.9. The number of quaternary nitrogens is 1. The molecule has 0 unspecified atom stereocenters. The van der Waals surface area contributed by atoms with Crippen LogP contribution in [-0.2, 0) is 31.3 Å². The van der Waals surface area contributed by atoms with Gasteiger partial charge in [-0.25, -0.2) is 12.1 Å². The van der Waals surface area contributed by atoms with Gasteiger partial charge >= 0.3 is 51.3 Å². The quantitative estimate of drug-likeness (QED) is 0.462. The van der Waals surface area contributed by atoms with Crippen molar-refractivity contribution in [1.82, 2.24) is 0 Å². The summed E-state index contributed by atoms with van der Waals surface area (Å²) in [5.41, 5.74) is 0. The molecule has 0 amide bonds. The van der Waals surface area contributed by atoms with Gasteiger partial charge in [-0.15, -0.1) is 0 Å². The molecule has 0 aliphatic heterocycles. The van der Waals surface area contributed by atoms with Crippen molar-refractivity contribution in [3.05, 3.63) is 50.3 Å². The topological polar surface area (TPSA) is 59.7 Å². The van der Waals surface area contributed by atoms with Gasteiger partial charge in [-0.2, -0.15) is 18.2 Å². The third kappa shape index (κ3) is 21.5. The summed E-state index contributed by atoms with van der Waals surface area (Å²) in [5.74, 6) is 0.